The molecule has 4 nitrogen and oxygen atoms in total. The Bertz CT molecular complexity index is 858. The molecule has 1 N–H and O–H groups in total. The molecule has 1 aliphatic rings. The van der Waals surface area contributed by atoms with Gasteiger partial charge in [0.1, 0.15) is 0 Å². The summed E-state index contributed by atoms with van der Waals surface area (Å²) in [6.45, 7) is 0. The van der Waals surface area contributed by atoms with Crippen LogP contribution in [0.3, 0.4) is 0 Å². The van der Waals surface area contributed by atoms with E-state index in [-0.39, 0.29) is 6.04 Å². The molecule has 1 atom stereocenters. The Morgan fingerprint density at radius 3 is 2.59 bits per heavy atom. The predicted octanol–water partition coefficient (Wildman–Crippen LogP) is 3.72. The smallest absolute Gasteiger partial charge is 0.0932 e. The Balaban J connectivity index is 1.58. The highest BCUT2D eigenvalue weighted by Gasteiger charge is 2.22. The lowest BCUT2D eigenvalue weighted by molar-refractivity contribution is 0.602. The number of halogens is 1. The highest BCUT2D eigenvalue weighted by atomic mass is 35.5. The lowest BCUT2D eigenvalue weighted by atomic mass is 10.0. The van der Waals surface area contributed by atoms with E-state index in [1.165, 1.54) is 0 Å². The molecule has 1 aliphatic heterocycles. The Hall–Kier alpha value is -2.46. The molecule has 0 fully saturated rings. The van der Waals surface area contributed by atoms with Gasteiger partial charge in [0.05, 0.1) is 34.7 Å². The molecule has 0 saturated heterocycles. The van der Waals surface area contributed by atoms with E-state index >= 15 is 0 Å². The summed E-state index contributed by atoms with van der Waals surface area (Å²) < 4.78 is 0. The monoisotopic (exact) mass is 308 g/mol. The van der Waals surface area contributed by atoms with Crippen LogP contribution >= 0.6 is 11.6 Å². The van der Waals surface area contributed by atoms with E-state index in [0.717, 1.165) is 39.4 Å². The SMILES string of the molecule is Clc1ccc(C2=NNC(c3cnc4ccccc4n3)C2)cc1. The van der Waals surface area contributed by atoms with Crippen molar-refractivity contribution >= 4 is 28.3 Å². The van der Waals surface area contributed by atoms with Crippen molar-refractivity contribution < 1.29 is 0 Å². The first-order valence-corrected chi connectivity index (χ1v) is 7.47. The topological polar surface area (TPSA) is 50.2 Å². The van der Waals surface area contributed by atoms with E-state index in [0.29, 0.717) is 0 Å². The summed E-state index contributed by atoms with van der Waals surface area (Å²) in [5.41, 5.74) is 7.96. The fourth-order valence-electron chi connectivity index (χ4n) is 2.58. The van der Waals surface area contributed by atoms with Gasteiger partial charge in [-0.25, -0.2) is 4.98 Å². The van der Waals surface area contributed by atoms with Crippen LogP contribution in [0.4, 0.5) is 0 Å². The summed E-state index contributed by atoms with van der Waals surface area (Å²) in [5, 5.41) is 5.16. The van der Waals surface area contributed by atoms with Gasteiger partial charge in [0.25, 0.3) is 0 Å². The van der Waals surface area contributed by atoms with Gasteiger partial charge in [0.2, 0.25) is 0 Å². The fourth-order valence-corrected chi connectivity index (χ4v) is 2.70. The Labute approximate surface area is 132 Å². The van der Waals surface area contributed by atoms with Crippen molar-refractivity contribution in [2.75, 3.05) is 0 Å². The van der Waals surface area contributed by atoms with Crippen LogP contribution in [0, 0.1) is 0 Å². The molecule has 1 aromatic heterocycles. The van der Waals surface area contributed by atoms with Crippen molar-refractivity contribution in [1.82, 2.24) is 15.4 Å². The van der Waals surface area contributed by atoms with E-state index in [1.807, 2.05) is 54.7 Å². The van der Waals surface area contributed by atoms with Crippen LogP contribution in [0.5, 0.6) is 0 Å². The molecule has 22 heavy (non-hydrogen) atoms. The zero-order chi connectivity index (χ0) is 14.9. The number of nitrogens with zero attached hydrogens (tertiary/aromatic N) is 3. The molecule has 0 bridgehead atoms. The normalized spacial score (nSPS) is 17.3. The molecule has 108 valence electrons. The van der Waals surface area contributed by atoms with Crippen LogP contribution in [0.1, 0.15) is 23.7 Å². The molecular formula is C17H13ClN4. The van der Waals surface area contributed by atoms with Gasteiger partial charge in [-0.2, -0.15) is 5.10 Å². The second-order valence-corrected chi connectivity index (χ2v) is 5.67. The molecule has 0 radical (unpaired) electrons. The number of aromatic nitrogens is 2. The lowest BCUT2D eigenvalue weighted by Gasteiger charge is -2.09. The van der Waals surface area contributed by atoms with Crippen molar-refractivity contribution in [2.24, 2.45) is 5.10 Å². The first kappa shape index (κ1) is 13.2. The maximum Gasteiger partial charge on any atom is 0.0932 e. The Morgan fingerprint density at radius 1 is 1.00 bits per heavy atom. The van der Waals surface area contributed by atoms with Crippen LogP contribution in [0.2, 0.25) is 5.02 Å². The van der Waals surface area contributed by atoms with E-state index in [9.17, 15) is 0 Å². The third-order valence-corrected chi connectivity index (χ3v) is 4.01. The molecule has 4 rings (SSSR count). The van der Waals surface area contributed by atoms with Gasteiger partial charge in [-0.1, -0.05) is 35.9 Å². The molecule has 2 aromatic carbocycles. The zero-order valence-corrected chi connectivity index (χ0v) is 12.5. The molecule has 0 aliphatic carbocycles. The molecule has 1 unspecified atom stereocenters. The number of hydrazone groups is 1. The largest absolute Gasteiger partial charge is 0.300 e. The average molecular weight is 309 g/mol. The van der Waals surface area contributed by atoms with E-state index in [1.54, 1.807) is 0 Å². The number of benzene rings is 2. The first-order valence-electron chi connectivity index (χ1n) is 7.09. The highest BCUT2D eigenvalue weighted by molar-refractivity contribution is 6.30. The summed E-state index contributed by atoms with van der Waals surface area (Å²) in [6.07, 6.45) is 2.61. The maximum absolute atomic E-state index is 5.92. The summed E-state index contributed by atoms with van der Waals surface area (Å²) in [4.78, 5) is 9.14. The van der Waals surface area contributed by atoms with Crippen molar-refractivity contribution in [3.8, 4) is 0 Å². The minimum atomic E-state index is 0.0581. The predicted molar refractivity (Wildman–Crippen MR) is 88.0 cm³/mol. The van der Waals surface area contributed by atoms with Crippen molar-refractivity contribution in [1.29, 1.82) is 0 Å². The standard InChI is InChI=1S/C17H13ClN4/c18-12-7-5-11(6-8-12)15-9-16(22-21-15)17-10-19-13-3-1-2-4-14(13)20-17/h1-8,10,16,22H,9H2. The fraction of sp³-hybridized carbons (Fsp3) is 0.118. The molecule has 0 spiro atoms. The van der Waals surface area contributed by atoms with Crippen LogP contribution in [-0.2, 0) is 0 Å². The van der Waals surface area contributed by atoms with Crippen LogP contribution in [0.15, 0.2) is 59.8 Å². The second-order valence-electron chi connectivity index (χ2n) is 5.23. The van der Waals surface area contributed by atoms with Gasteiger partial charge >= 0.3 is 0 Å². The van der Waals surface area contributed by atoms with Gasteiger partial charge < -0.3 is 5.43 Å². The van der Waals surface area contributed by atoms with Crippen molar-refractivity contribution in [3.05, 3.63) is 71.0 Å². The summed E-state index contributed by atoms with van der Waals surface area (Å²) >= 11 is 5.92. The van der Waals surface area contributed by atoms with Crippen molar-refractivity contribution in [3.63, 3.8) is 0 Å². The minimum absolute atomic E-state index is 0.0581. The number of nitrogens with one attached hydrogen (secondary N) is 1. The van der Waals surface area contributed by atoms with E-state index in [4.69, 9.17) is 11.6 Å². The van der Waals surface area contributed by atoms with Gasteiger partial charge in [-0.05, 0) is 29.8 Å². The Morgan fingerprint density at radius 2 is 1.77 bits per heavy atom. The van der Waals surface area contributed by atoms with Crippen molar-refractivity contribution in [2.45, 2.75) is 12.5 Å². The third-order valence-electron chi connectivity index (χ3n) is 3.75. The third kappa shape index (κ3) is 2.42. The quantitative estimate of drug-likeness (QED) is 0.785. The number of hydrogen-bond acceptors (Lipinski definition) is 4. The number of rotatable bonds is 2. The second kappa shape index (κ2) is 5.39. The van der Waals surface area contributed by atoms with Gasteiger partial charge in [-0.15, -0.1) is 0 Å². The molecule has 2 heterocycles. The lowest BCUT2D eigenvalue weighted by Crippen LogP contribution is -2.12. The van der Waals surface area contributed by atoms with E-state index < -0.39 is 0 Å². The number of fused-ring (bicyclic) bond motifs is 1. The Kier molecular flexibility index (Phi) is 3.24. The molecule has 0 amide bonds. The summed E-state index contributed by atoms with van der Waals surface area (Å²) in [6, 6.07) is 15.7. The van der Waals surface area contributed by atoms with Gasteiger partial charge in [0, 0.05) is 11.4 Å². The number of hydrogen-bond donors (Lipinski definition) is 1. The average Bonchev–Trinajstić information content (AvgIpc) is 3.05. The summed E-state index contributed by atoms with van der Waals surface area (Å²) in [5.74, 6) is 0. The number of para-hydroxylation sites is 2. The van der Waals surface area contributed by atoms with Crippen LogP contribution in [0.25, 0.3) is 11.0 Å². The molecular weight excluding hydrogens is 296 g/mol. The van der Waals surface area contributed by atoms with Crippen LogP contribution < -0.4 is 5.43 Å². The molecule has 3 aromatic rings. The van der Waals surface area contributed by atoms with Gasteiger partial charge in [0.15, 0.2) is 0 Å². The molecule has 0 saturated carbocycles. The molecule has 5 heteroatoms. The van der Waals surface area contributed by atoms with Crippen LogP contribution in [-0.4, -0.2) is 15.7 Å². The minimum Gasteiger partial charge on any atom is -0.300 e. The van der Waals surface area contributed by atoms with Gasteiger partial charge in [-0.3, -0.25) is 4.98 Å². The highest BCUT2D eigenvalue weighted by Crippen LogP contribution is 2.24. The van der Waals surface area contributed by atoms with E-state index in [2.05, 4.69) is 20.5 Å². The first-order chi connectivity index (χ1) is 10.8. The summed E-state index contributed by atoms with van der Waals surface area (Å²) in [7, 11) is 0. The zero-order valence-electron chi connectivity index (χ0n) is 11.7. The maximum atomic E-state index is 5.92.